The molecule has 0 radical (unpaired) electrons. The Labute approximate surface area is 191 Å². The van der Waals surface area contributed by atoms with Crippen LogP contribution >= 0.6 is 0 Å². The van der Waals surface area contributed by atoms with Gasteiger partial charge < -0.3 is 24.6 Å². The zero-order chi connectivity index (χ0) is 24.4. The molecule has 0 bridgehead atoms. The first-order valence-electron chi connectivity index (χ1n) is 10.6. The van der Waals surface area contributed by atoms with Crippen LogP contribution in [0.25, 0.3) is 5.76 Å². The second-order valence-corrected chi connectivity index (χ2v) is 8.16. The predicted octanol–water partition coefficient (Wildman–Crippen LogP) is 2.93. The maximum absolute atomic E-state index is 14.8. The lowest BCUT2D eigenvalue weighted by Crippen LogP contribution is -2.35. The van der Waals surface area contributed by atoms with Gasteiger partial charge in [0.15, 0.2) is 0 Å². The fraction of sp³-hybridized carbons (Fsp3) is 0.375. The van der Waals surface area contributed by atoms with Crippen molar-refractivity contribution in [2.75, 3.05) is 33.8 Å². The minimum Gasteiger partial charge on any atom is -0.507 e. The van der Waals surface area contributed by atoms with Crippen molar-refractivity contribution >= 4 is 23.4 Å². The molecule has 33 heavy (non-hydrogen) atoms. The van der Waals surface area contributed by atoms with Crippen LogP contribution in [0.15, 0.2) is 29.8 Å². The molecule has 0 saturated carbocycles. The summed E-state index contributed by atoms with van der Waals surface area (Å²) in [6.07, 6.45) is 0. The highest BCUT2D eigenvalue weighted by atomic mass is 19.1. The number of aliphatic hydroxyl groups excluding tert-OH is 1. The van der Waals surface area contributed by atoms with E-state index in [0.29, 0.717) is 17.8 Å². The van der Waals surface area contributed by atoms with Crippen LogP contribution in [0.3, 0.4) is 0 Å². The van der Waals surface area contributed by atoms with Gasteiger partial charge >= 0.3 is 5.97 Å². The zero-order valence-electron chi connectivity index (χ0n) is 19.4. The highest BCUT2D eigenvalue weighted by molar-refractivity contribution is 6.46. The third-order valence-electron chi connectivity index (χ3n) is 5.68. The number of carbonyl (C=O) groups excluding carboxylic acids is 3. The number of aromatic nitrogens is 1. The van der Waals surface area contributed by atoms with E-state index in [1.807, 2.05) is 19.0 Å². The number of nitrogens with zero attached hydrogens (tertiary/aromatic N) is 2. The number of hydrogen-bond acceptors (Lipinski definition) is 6. The van der Waals surface area contributed by atoms with Gasteiger partial charge in [-0.2, -0.15) is 0 Å². The fourth-order valence-corrected chi connectivity index (χ4v) is 4.09. The number of Topliss-reactive ketones (excluding diaryl/α,β-unsaturated/α-hetero) is 1. The van der Waals surface area contributed by atoms with E-state index in [1.165, 1.54) is 23.1 Å². The molecule has 2 N–H and O–H groups in total. The van der Waals surface area contributed by atoms with Crippen LogP contribution < -0.4 is 0 Å². The second kappa shape index (κ2) is 9.58. The van der Waals surface area contributed by atoms with Gasteiger partial charge in [-0.1, -0.05) is 18.2 Å². The molecular formula is C24H28FN3O5. The Morgan fingerprint density at radius 1 is 1.24 bits per heavy atom. The number of carbonyl (C=O) groups is 3. The summed E-state index contributed by atoms with van der Waals surface area (Å²) >= 11 is 0. The number of aryl methyl sites for hydroxylation is 1. The number of halogens is 1. The predicted molar refractivity (Wildman–Crippen MR) is 120 cm³/mol. The molecule has 1 saturated heterocycles. The van der Waals surface area contributed by atoms with Crippen LogP contribution in [0.5, 0.6) is 0 Å². The fourth-order valence-electron chi connectivity index (χ4n) is 4.09. The third kappa shape index (κ3) is 4.41. The number of esters is 1. The monoisotopic (exact) mass is 457 g/mol. The number of hydrogen-bond donors (Lipinski definition) is 2. The number of benzene rings is 1. The standard InChI is InChI=1S/C24H28FN3O5/c1-6-33-24(32)19-13(2)17(14(3)26-19)21(29)18-20(15-9-7-8-10-16(15)25)28(12-11-27(4)5)23(31)22(18)30/h7-10,20,26,29H,6,11-12H2,1-5H3/b21-18+/t20-/m1/s1. The lowest BCUT2D eigenvalue weighted by Gasteiger charge is -2.26. The lowest BCUT2D eigenvalue weighted by molar-refractivity contribution is -0.140. The average molecular weight is 458 g/mol. The van der Waals surface area contributed by atoms with E-state index < -0.39 is 35.3 Å². The number of aliphatic hydroxyl groups is 1. The molecule has 2 aromatic rings. The van der Waals surface area contributed by atoms with Crippen molar-refractivity contribution in [2.45, 2.75) is 26.8 Å². The quantitative estimate of drug-likeness (QED) is 0.287. The summed E-state index contributed by atoms with van der Waals surface area (Å²) in [5.74, 6) is -3.38. The van der Waals surface area contributed by atoms with E-state index >= 15 is 0 Å². The van der Waals surface area contributed by atoms with Crippen molar-refractivity contribution in [2.24, 2.45) is 0 Å². The summed E-state index contributed by atoms with van der Waals surface area (Å²) in [5.41, 5.74) is 1.03. The number of nitrogens with one attached hydrogen (secondary N) is 1. The van der Waals surface area contributed by atoms with Crippen LogP contribution in [0, 0.1) is 19.7 Å². The molecule has 1 fully saturated rings. The number of likely N-dealkylation sites (N-methyl/N-ethyl adjacent to an activating group) is 1. The average Bonchev–Trinajstić information content (AvgIpc) is 3.19. The van der Waals surface area contributed by atoms with Crippen LogP contribution in [0.2, 0.25) is 0 Å². The number of aromatic amines is 1. The summed E-state index contributed by atoms with van der Waals surface area (Å²) in [7, 11) is 3.64. The van der Waals surface area contributed by atoms with E-state index in [9.17, 15) is 23.9 Å². The third-order valence-corrected chi connectivity index (χ3v) is 5.68. The molecule has 1 amide bonds. The molecular weight excluding hydrogens is 429 g/mol. The molecule has 9 heteroatoms. The van der Waals surface area contributed by atoms with Gasteiger partial charge in [-0.05, 0) is 46.5 Å². The summed E-state index contributed by atoms with van der Waals surface area (Å²) in [4.78, 5) is 44.3. The van der Waals surface area contributed by atoms with Gasteiger partial charge in [0.1, 0.15) is 17.3 Å². The molecule has 0 spiro atoms. The molecule has 8 nitrogen and oxygen atoms in total. The summed E-state index contributed by atoms with van der Waals surface area (Å²) < 4.78 is 19.9. The molecule has 0 aliphatic carbocycles. The van der Waals surface area contributed by atoms with E-state index in [2.05, 4.69) is 4.98 Å². The van der Waals surface area contributed by atoms with Crippen LogP contribution in [0.4, 0.5) is 4.39 Å². The Morgan fingerprint density at radius 2 is 1.91 bits per heavy atom. The molecule has 1 aliphatic rings. The smallest absolute Gasteiger partial charge is 0.355 e. The molecule has 0 unspecified atom stereocenters. The first-order valence-corrected chi connectivity index (χ1v) is 10.6. The SMILES string of the molecule is CCOC(=O)c1[nH]c(C)c(/C(O)=C2\C(=O)C(=O)N(CCN(C)C)[C@@H]2c2ccccc2F)c1C. The van der Waals surface area contributed by atoms with Crippen molar-refractivity contribution in [3.05, 3.63) is 63.7 Å². The molecule has 1 atom stereocenters. The maximum Gasteiger partial charge on any atom is 0.355 e. The molecule has 3 rings (SSSR count). The first-order chi connectivity index (χ1) is 15.6. The maximum atomic E-state index is 14.8. The van der Waals surface area contributed by atoms with Gasteiger partial charge in [0, 0.05) is 29.9 Å². The van der Waals surface area contributed by atoms with Gasteiger partial charge in [-0.3, -0.25) is 9.59 Å². The summed E-state index contributed by atoms with van der Waals surface area (Å²) in [6.45, 7) is 5.67. The van der Waals surface area contributed by atoms with E-state index in [4.69, 9.17) is 4.74 Å². The molecule has 1 aromatic carbocycles. The topological polar surface area (TPSA) is 103 Å². The molecule has 1 aliphatic heterocycles. The van der Waals surface area contributed by atoms with Gasteiger partial charge in [-0.15, -0.1) is 0 Å². The van der Waals surface area contributed by atoms with E-state index in [0.717, 1.165) is 0 Å². The van der Waals surface area contributed by atoms with Gasteiger partial charge in [0.2, 0.25) is 0 Å². The highest BCUT2D eigenvalue weighted by Gasteiger charge is 2.47. The van der Waals surface area contributed by atoms with Crippen molar-refractivity contribution in [3.63, 3.8) is 0 Å². The Kier molecular flexibility index (Phi) is 7.02. The number of ether oxygens (including phenoxy) is 1. The number of ketones is 1. The Morgan fingerprint density at radius 3 is 2.52 bits per heavy atom. The van der Waals surface area contributed by atoms with Gasteiger partial charge in [0.05, 0.1) is 18.2 Å². The van der Waals surface area contributed by atoms with Crippen LogP contribution in [-0.4, -0.2) is 71.3 Å². The molecule has 2 heterocycles. The molecule has 1 aromatic heterocycles. The van der Waals surface area contributed by atoms with Crippen molar-refractivity contribution in [1.29, 1.82) is 0 Å². The minimum atomic E-state index is -1.11. The van der Waals surface area contributed by atoms with Crippen molar-refractivity contribution in [1.82, 2.24) is 14.8 Å². The summed E-state index contributed by atoms with van der Waals surface area (Å²) in [6, 6.07) is 4.74. The largest absolute Gasteiger partial charge is 0.507 e. The number of H-pyrrole nitrogens is 1. The van der Waals surface area contributed by atoms with E-state index in [-0.39, 0.29) is 35.5 Å². The van der Waals surface area contributed by atoms with E-state index in [1.54, 1.807) is 26.8 Å². The minimum absolute atomic E-state index is 0.105. The Balaban J connectivity index is 2.22. The highest BCUT2D eigenvalue weighted by Crippen LogP contribution is 2.41. The number of likely N-dealkylation sites (tertiary alicyclic amines) is 1. The first kappa shape index (κ1) is 24.2. The summed E-state index contributed by atoms with van der Waals surface area (Å²) in [5, 5.41) is 11.3. The number of rotatable bonds is 7. The second-order valence-electron chi connectivity index (χ2n) is 8.16. The molecule has 176 valence electrons. The van der Waals surface area contributed by atoms with Crippen LogP contribution in [-0.2, 0) is 14.3 Å². The lowest BCUT2D eigenvalue weighted by atomic mass is 9.93. The normalized spacial score (nSPS) is 17.8. The number of amides is 1. The van der Waals surface area contributed by atoms with Crippen molar-refractivity contribution < 1.29 is 28.6 Å². The van der Waals surface area contributed by atoms with Gasteiger partial charge in [0.25, 0.3) is 11.7 Å². The Hall–Kier alpha value is -3.46. The zero-order valence-corrected chi connectivity index (χ0v) is 19.4. The van der Waals surface area contributed by atoms with Gasteiger partial charge in [-0.25, -0.2) is 9.18 Å². The Bertz CT molecular complexity index is 1140. The van der Waals surface area contributed by atoms with Crippen LogP contribution in [0.1, 0.15) is 45.8 Å². The van der Waals surface area contributed by atoms with Crippen molar-refractivity contribution in [3.8, 4) is 0 Å².